The van der Waals surface area contributed by atoms with Crippen LogP contribution in [0, 0.1) is 5.41 Å². The van der Waals surface area contributed by atoms with E-state index in [1.165, 1.54) is 18.2 Å². The van der Waals surface area contributed by atoms with Crippen LogP contribution < -0.4 is 11.1 Å². The van der Waals surface area contributed by atoms with Gasteiger partial charge in [-0.15, -0.1) is 4.40 Å². The average Bonchev–Trinajstić information content (AvgIpc) is 2.81. The van der Waals surface area contributed by atoms with E-state index in [0.29, 0.717) is 18.8 Å². The van der Waals surface area contributed by atoms with Crippen molar-refractivity contribution in [1.82, 2.24) is 10.3 Å². The molecule has 1 aromatic carbocycles. The number of halogens is 1. The Hall–Kier alpha value is -1.80. The number of guanidine groups is 1. The van der Waals surface area contributed by atoms with Gasteiger partial charge in [-0.2, -0.15) is 13.5 Å². The van der Waals surface area contributed by atoms with Crippen LogP contribution in [0.2, 0.25) is 5.02 Å². The number of hydrogen-bond donors (Lipinski definition) is 2. The highest BCUT2D eigenvalue weighted by Crippen LogP contribution is 2.25. The summed E-state index contributed by atoms with van der Waals surface area (Å²) in [6, 6.07) is 4.10. The number of hydrazone groups is 1. The lowest BCUT2D eigenvalue weighted by molar-refractivity contribution is 0.376. The number of hydrogen-bond acceptors (Lipinski definition) is 4. The Bertz CT molecular complexity index is 758. The fourth-order valence-corrected chi connectivity index (χ4v) is 3.23. The van der Waals surface area contributed by atoms with Gasteiger partial charge in [0.15, 0.2) is 0 Å². The molecule has 0 atom stereocenters. The van der Waals surface area contributed by atoms with Crippen molar-refractivity contribution in [2.24, 2.45) is 14.9 Å². The molecule has 1 aliphatic heterocycles. The maximum absolute atomic E-state index is 12.5. The van der Waals surface area contributed by atoms with Gasteiger partial charge in [0.25, 0.3) is 10.0 Å². The highest BCUT2D eigenvalue weighted by molar-refractivity contribution is 7.90. The summed E-state index contributed by atoms with van der Waals surface area (Å²) >= 11 is 5.89. The molecule has 1 heterocycles. The van der Waals surface area contributed by atoms with Crippen molar-refractivity contribution >= 4 is 39.5 Å². The zero-order valence-electron chi connectivity index (χ0n) is 13.2. The minimum absolute atomic E-state index is 0.0189. The number of anilines is 1. The van der Waals surface area contributed by atoms with Gasteiger partial charge in [-0.05, 0) is 25.1 Å². The van der Waals surface area contributed by atoms with Crippen LogP contribution in [0.5, 0.6) is 0 Å². The maximum Gasteiger partial charge on any atom is 0.285 e. The second-order valence-corrected chi connectivity index (χ2v) is 7.91. The molecule has 0 saturated carbocycles. The van der Waals surface area contributed by atoms with E-state index in [9.17, 15) is 8.42 Å². The summed E-state index contributed by atoms with van der Waals surface area (Å²) in [4.78, 5) is -0.0189. The van der Waals surface area contributed by atoms with Crippen molar-refractivity contribution in [2.45, 2.75) is 25.7 Å². The van der Waals surface area contributed by atoms with Crippen LogP contribution in [0.4, 0.5) is 5.69 Å². The molecular weight excluding hydrogens is 338 g/mol. The summed E-state index contributed by atoms with van der Waals surface area (Å²) in [5.41, 5.74) is 5.77. The topological polar surface area (TPSA) is 100 Å². The molecule has 0 aromatic heterocycles. The standard InChI is InChI=1S/C14H20ClN5O2S/c1-4-17-13(20-9-14(2,3)8-18-20)19-23(21,22)10-5-6-12(16)11(15)7-10/h5-8H,4,9,16H2,1-3H3,(H,17,19). The largest absolute Gasteiger partial charge is 0.398 e. The van der Waals surface area contributed by atoms with E-state index in [-0.39, 0.29) is 21.3 Å². The Balaban J connectivity index is 2.37. The highest BCUT2D eigenvalue weighted by Gasteiger charge is 2.29. The lowest BCUT2D eigenvalue weighted by Gasteiger charge is -2.21. The second kappa shape index (κ2) is 6.37. The molecule has 0 amide bonds. The molecule has 0 radical (unpaired) electrons. The van der Waals surface area contributed by atoms with Crippen LogP contribution in [0.1, 0.15) is 20.8 Å². The monoisotopic (exact) mass is 357 g/mol. The molecule has 126 valence electrons. The van der Waals surface area contributed by atoms with Crippen molar-refractivity contribution in [2.75, 3.05) is 18.8 Å². The first-order valence-corrected chi connectivity index (χ1v) is 8.93. The number of benzene rings is 1. The number of nitrogen functional groups attached to an aromatic ring is 1. The molecule has 0 saturated heterocycles. The van der Waals surface area contributed by atoms with Crippen LogP contribution in [-0.4, -0.2) is 38.7 Å². The third kappa shape index (κ3) is 4.14. The Kier molecular flexibility index (Phi) is 4.86. The first-order chi connectivity index (χ1) is 10.6. The molecule has 0 bridgehead atoms. The number of sulfonamides is 1. The van der Waals surface area contributed by atoms with E-state index >= 15 is 0 Å². The summed E-state index contributed by atoms with van der Waals surface area (Å²) in [5, 5.41) is 8.88. The van der Waals surface area contributed by atoms with Gasteiger partial charge in [0.05, 0.1) is 22.2 Å². The first-order valence-electron chi connectivity index (χ1n) is 7.11. The molecule has 0 spiro atoms. The van der Waals surface area contributed by atoms with Gasteiger partial charge in [-0.25, -0.2) is 5.01 Å². The minimum atomic E-state index is -3.93. The zero-order valence-corrected chi connectivity index (χ0v) is 14.8. The zero-order chi connectivity index (χ0) is 17.3. The van der Waals surface area contributed by atoms with E-state index < -0.39 is 10.0 Å². The van der Waals surface area contributed by atoms with E-state index in [1.807, 2.05) is 20.8 Å². The van der Waals surface area contributed by atoms with E-state index in [4.69, 9.17) is 17.3 Å². The fraction of sp³-hybridized carbons (Fsp3) is 0.429. The van der Waals surface area contributed by atoms with E-state index in [1.54, 1.807) is 11.2 Å². The van der Waals surface area contributed by atoms with Crippen molar-refractivity contribution in [3.05, 3.63) is 23.2 Å². The lowest BCUT2D eigenvalue weighted by Crippen LogP contribution is -2.39. The molecule has 7 nitrogen and oxygen atoms in total. The third-order valence-corrected chi connectivity index (χ3v) is 4.75. The van der Waals surface area contributed by atoms with E-state index in [2.05, 4.69) is 14.8 Å². The second-order valence-electron chi connectivity index (χ2n) is 5.89. The average molecular weight is 358 g/mol. The van der Waals surface area contributed by atoms with Crippen molar-refractivity contribution in [3.8, 4) is 0 Å². The molecule has 3 N–H and O–H groups in total. The van der Waals surface area contributed by atoms with Crippen LogP contribution in [0.25, 0.3) is 0 Å². The summed E-state index contributed by atoms with van der Waals surface area (Å²) in [6.45, 7) is 6.93. The predicted octanol–water partition coefficient (Wildman–Crippen LogP) is 1.90. The Morgan fingerprint density at radius 1 is 1.52 bits per heavy atom. The lowest BCUT2D eigenvalue weighted by atomic mass is 9.97. The maximum atomic E-state index is 12.5. The molecule has 0 fully saturated rings. The van der Waals surface area contributed by atoms with Crippen LogP contribution in [-0.2, 0) is 10.0 Å². The summed E-state index contributed by atoms with van der Waals surface area (Å²) in [5.74, 6) is 0.183. The smallest absolute Gasteiger partial charge is 0.285 e. The summed E-state index contributed by atoms with van der Waals surface area (Å²) in [6.07, 6.45) is 1.77. The molecule has 1 aliphatic rings. The normalized spacial score (nSPS) is 17.6. The van der Waals surface area contributed by atoms with Gasteiger partial charge in [-0.1, -0.05) is 25.4 Å². The molecule has 23 heavy (non-hydrogen) atoms. The number of nitrogens with zero attached hydrogens (tertiary/aromatic N) is 3. The van der Waals surface area contributed by atoms with Gasteiger partial charge in [0.1, 0.15) is 0 Å². The van der Waals surface area contributed by atoms with Gasteiger partial charge in [0, 0.05) is 18.2 Å². The summed E-state index contributed by atoms with van der Waals surface area (Å²) in [7, 11) is -3.93. The molecule has 2 rings (SSSR count). The Morgan fingerprint density at radius 2 is 2.22 bits per heavy atom. The fourth-order valence-electron chi connectivity index (χ4n) is 1.99. The minimum Gasteiger partial charge on any atom is -0.398 e. The quantitative estimate of drug-likeness (QED) is 0.489. The van der Waals surface area contributed by atoms with Crippen molar-refractivity contribution in [1.29, 1.82) is 0 Å². The van der Waals surface area contributed by atoms with Gasteiger partial charge in [-0.3, -0.25) is 0 Å². The third-order valence-electron chi connectivity index (χ3n) is 3.16. The highest BCUT2D eigenvalue weighted by atomic mass is 35.5. The first kappa shape index (κ1) is 17.6. The Labute approximate surface area is 141 Å². The van der Waals surface area contributed by atoms with Gasteiger partial charge < -0.3 is 11.1 Å². The van der Waals surface area contributed by atoms with Gasteiger partial charge >= 0.3 is 0 Å². The number of rotatable bonds is 3. The molecule has 1 aromatic rings. The summed E-state index contributed by atoms with van der Waals surface area (Å²) < 4.78 is 28.9. The van der Waals surface area contributed by atoms with Gasteiger partial charge in [0.2, 0.25) is 5.96 Å². The Morgan fingerprint density at radius 3 is 2.74 bits per heavy atom. The molecular formula is C14H20ClN5O2S. The van der Waals surface area contributed by atoms with Crippen LogP contribution in [0.15, 0.2) is 32.6 Å². The van der Waals surface area contributed by atoms with E-state index in [0.717, 1.165) is 0 Å². The van der Waals surface area contributed by atoms with Crippen molar-refractivity contribution < 1.29 is 8.42 Å². The predicted molar refractivity (Wildman–Crippen MR) is 93.1 cm³/mol. The molecule has 0 unspecified atom stereocenters. The molecule has 0 aliphatic carbocycles. The van der Waals surface area contributed by atoms with Crippen molar-refractivity contribution in [3.63, 3.8) is 0 Å². The number of nitrogens with two attached hydrogens (primary N) is 1. The molecule has 9 heteroatoms. The van der Waals surface area contributed by atoms with Crippen LogP contribution in [0.3, 0.4) is 0 Å². The van der Waals surface area contributed by atoms with Crippen LogP contribution >= 0.6 is 11.6 Å². The SMILES string of the molecule is CCN/C(=N/S(=O)(=O)c1ccc(N)c(Cl)c1)N1CC(C)(C)C=N1. The number of nitrogens with one attached hydrogen (secondary N) is 1.